The van der Waals surface area contributed by atoms with E-state index in [0.29, 0.717) is 6.42 Å². The first-order valence-corrected chi connectivity index (χ1v) is 7.94. The van der Waals surface area contributed by atoms with Crippen LogP contribution in [0.3, 0.4) is 0 Å². The van der Waals surface area contributed by atoms with E-state index in [1.54, 1.807) is 24.2 Å². The normalized spacial score (nSPS) is 15.9. The number of nitrogens with two attached hydrogens (primary N) is 1. The number of esters is 1. The molecule has 1 aromatic carbocycles. The van der Waals surface area contributed by atoms with Crippen LogP contribution in [0.5, 0.6) is 0 Å². The number of nitrogens with zero attached hydrogens (tertiary/aromatic N) is 1. The zero-order chi connectivity index (χ0) is 14.9. The molecule has 5 heteroatoms. The van der Waals surface area contributed by atoms with Gasteiger partial charge in [-0.15, -0.1) is 11.8 Å². The van der Waals surface area contributed by atoms with Crippen LogP contribution in [0.1, 0.15) is 19.3 Å². The fourth-order valence-electron chi connectivity index (χ4n) is 2.47. The van der Waals surface area contributed by atoms with Gasteiger partial charge in [0.25, 0.3) is 0 Å². The predicted molar refractivity (Wildman–Crippen MR) is 85.2 cm³/mol. The van der Waals surface area contributed by atoms with Gasteiger partial charge in [-0.05, 0) is 36.5 Å². The second kappa shape index (κ2) is 5.56. The van der Waals surface area contributed by atoms with Crippen molar-refractivity contribution in [1.29, 1.82) is 0 Å². The van der Waals surface area contributed by atoms with E-state index < -0.39 is 0 Å². The number of nitrogen functional groups attached to an aromatic ring is 1. The molecule has 3 rings (SSSR count). The first-order valence-electron chi connectivity index (χ1n) is 6.95. The minimum absolute atomic E-state index is 0.112. The summed E-state index contributed by atoms with van der Waals surface area (Å²) in [5.74, 6) is 0.822. The number of hydrogen-bond donors (Lipinski definition) is 1. The average Bonchev–Trinajstić information content (AvgIpc) is 3.27. The van der Waals surface area contributed by atoms with E-state index in [9.17, 15) is 4.79 Å². The number of methoxy groups -OCH3 is 1. The number of carbonyl (C=O) groups excluding carboxylic acids is 1. The Labute approximate surface area is 128 Å². The molecule has 1 saturated carbocycles. The van der Waals surface area contributed by atoms with Gasteiger partial charge in [0, 0.05) is 39.5 Å². The van der Waals surface area contributed by atoms with Crippen LogP contribution in [0, 0.1) is 5.41 Å². The van der Waals surface area contributed by atoms with Gasteiger partial charge >= 0.3 is 5.97 Å². The maximum Gasteiger partial charge on any atom is 0.306 e. The van der Waals surface area contributed by atoms with Crippen molar-refractivity contribution in [1.82, 2.24) is 4.98 Å². The predicted octanol–water partition coefficient (Wildman–Crippen LogP) is 3.25. The zero-order valence-electron chi connectivity index (χ0n) is 12.0. The summed E-state index contributed by atoms with van der Waals surface area (Å²) in [5.41, 5.74) is 6.86. The van der Waals surface area contributed by atoms with Gasteiger partial charge in [0.1, 0.15) is 0 Å². The van der Waals surface area contributed by atoms with Gasteiger partial charge in [0.15, 0.2) is 0 Å². The molecule has 110 valence electrons. The molecule has 2 aromatic rings. The van der Waals surface area contributed by atoms with Crippen LogP contribution in [-0.4, -0.2) is 23.8 Å². The molecule has 0 atom stereocenters. The molecule has 0 aliphatic heterocycles. The van der Waals surface area contributed by atoms with Gasteiger partial charge in [-0.3, -0.25) is 9.78 Å². The number of benzene rings is 1. The molecular formula is C16H18N2O2S. The molecule has 21 heavy (non-hydrogen) atoms. The summed E-state index contributed by atoms with van der Waals surface area (Å²) in [5, 5.41) is 2.11. The Hall–Kier alpha value is -1.75. The highest BCUT2D eigenvalue weighted by molar-refractivity contribution is 7.99. The largest absolute Gasteiger partial charge is 0.469 e. The lowest BCUT2D eigenvalue weighted by Gasteiger charge is -2.14. The van der Waals surface area contributed by atoms with Crippen LogP contribution in [0.15, 0.2) is 35.5 Å². The molecule has 0 spiro atoms. The lowest BCUT2D eigenvalue weighted by Crippen LogP contribution is -2.13. The second-order valence-electron chi connectivity index (χ2n) is 5.62. The smallest absolute Gasteiger partial charge is 0.306 e. The summed E-state index contributed by atoms with van der Waals surface area (Å²) >= 11 is 1.79. The highest BCUT2D eigenvalue weighted by atomic mass is 32.2. The van der Waals surface area contributed by atoms with Gasteiger partial charge < -0.3 is 10.5 Å². The minimum Gasteiger partial charge on any atom is -0.469 e. The fourth-order valence-corrected chi connectivity index (χ4v) is 3.82. The molecule has 0 saturated heterocycles. The topological polar surface area (TPSA) is 65.2 Å². The Morgan fingerprint density at radius 1 is 1.38 bits per heavy atom. The number of carbonyl (C=O) groups is 1. The molecule has 1 aliphatic rings. The standard InChI is InChI=1S/C16H18N2O2S/c1-20-15(19)8-16(5-6-16)10-21-14-3-2-13(17)12-9-18-7-4-11(12)14/h2-4,7,9H,5-6,8,10,17H2,1H3. The zero-order valence-corrected chi connectivity index (χ0v) is 12.8. The first-order chi connectivity index (χ1) is 10.1. The molecule has 1 fully saturated rings. The Bertz CT molecular complexity index is 683. The quantitative estimate of drug-likeness (QED) is 0.522. The van der Waals surface area contributed by atoms with Gasteiger partial charge in [-0.25, -0.2) is 0 Å². The Kier molecular flexibility index (Phi) is 3.76. The molecular weight excluding hydrogens is 284 g/mol. The summed E-state index contributed by atoms with van der Waals surface area (Å²) < 4.78 is 4.79. The molecule has 0 radical (unpaired) electrons. The van der Waals surface area contributed by atoms with E-state index >= 15 is 0 Å². The second-order valence-corrected chi connectivity index (χ2v) is 6.63. The molecule has 1 aromatic heterocycles. The van der Waals surface area contributed by atoms with Gasteiger partial charge in [-0.1, -0.05) is 0 Å². The SMILES string of the molecule is COC(=O)CC1(CSc2ccc(N)c3cnccc23)CC1. The number of ether oxygens (including phenoxy) is 1. The number of rotatable bonds is 5. The lowest BCUT2D eigenvalue weighted by atomic mass is 10.1. The number of hydrogen-bond acceptors (Lipinski definition) is 5. The van der Waals surface area contributed by atoms with Gasteiger partial charge in [0.05, 0.1) is 13.5 Å². The van der Waals surface area contributed by atoms with Crippen LogP contribution in [-0.2, 0) is 9.53 Å². The Morgan fingerprint density at radius 3 is 2.90 bits per heavy atom. The highest BCUT2D eigenvalue weighted by Crippen LogP contribution is 2.52. The van der Waals surface area contributed by atoms with E-state index in [1.165, 1.54) is 12.0 Å². The molecule has 1 aliphatic carbocycles. The van der Waals surface area contributed by atoms with E-state index in [-0.39, 0.29) is 11.4 Å². The first kappa shape index (κ1) is 14.2. The third-order valence-electron chi connectivity index (χ3n) is 4.05. The van der Waals surface area contributed by atoms with Crippen LogP contribution < -0.4 is 5.73 Å². The van der Waals surface area contributed by atoms with E-state index in [0.717, 1.165) is 35.1 Å². The molecule has 0 amide bonds. The number of pyridine rings is 1. The van der Waals surface area contributed by atoms with Crippen LogP contribution in [0.2, 0.25) is 0 Å². The maximum atomic E-state index is 11.5. The molecule has 0 bridgehead atoms. The Morgan fingerprint density at radius 2 is 2.19 bits per heavy atom. The number of thioether (sulfide) groups is 1. The summed E-state index contributed by atoms with van der Waals surface area (Å²) in [6.45, 7) is 0. The van der Waals surface area contributed by atoms with Crippen molar-refractivity contribution in [3.63, 3.8) is 0 Å². The third-order valence-corrected chi connectivity index (χ3v) is 5.47. The van der Waals surface area contributed by atoms with Crippen molar-refractivity contribution in [2.45, 2.75) is 24.2 Å². The van der Waals surface area contributed by atoms with Gasteiger partial charge in [0.2, 0.25) is 0 Å². The van der Waals surface area contributed by atoms with Crippen molar-refractivity contribution in [2.75, 3.05) is 18.6 Å². The van der Waals surface area contributed by atoms with Crippen molar-refractivity contribution in [3.05, 3.63) is 30.6 Å². The summed E-state index contributed by atoms with van der Waals surface area (Å²) in [4.78, 5) is 16.8. The Balaban J connectivity index is 1.77. The molecule has 4 nitrogen and oxygen atoms in total. The molecule has 1 heterocycles. The van der Waals surface area contributed by atoms with E-state index in [1.807, 2.05) is 12.1 Å². The fraction of sp³-hybridized carbons (Fsp3) is 0.375. The van der Waals surface area contributed by atoms with Crippen molar-refractivity contribution < 1.29 is 9.53 Å². The summed E-state index contributed by atoms with van der Waals surface area (Å²) in [6, 6.07) is 5.97. The summed E-state index contributed by atoms with van der Waals surface area (Å²) in [7, 11) is 1.45. The monoisotopic (exact) mass is 302 g/mol. The van der Waals surface area contributed by atoms with Crippen molar-refractivity contribution in [2.24, 2.45) is 5.41 Å². The number of aromatic nitrogens is 1. The highest BCUT2D eigenvalue weighted by Gasteiger charge is 2.44. The summed E-state index contributed by atoms with van der Waals surface area (Å²) in [6.07, 6.45) is 6.31. The third kappa shape index (κ3) is 2.97. The minimum atomic E-state index is -0.112. The number of fused-ring (bicyclic) bond motifs is 1. The average molecular weight is 302 g/mol. The molecule has 2 N–H and O–H groups in total. The van der Waals surface area contributed by atoms with Crippen LogP contribution in [0.25, 0.3) is 10.8 Å². The van der Waals surface area contributed by atoms with E-state index in [4.69, 9.17) is 10.5 Å². The number of anilines is 1. The van der Waals surface area contributed by atoms with Gasteiger partial charge in [-0.2, -0.15) is 0 Å². The lowest BCUT2D eigenvalue weighted by molar-refractivity contribution is -0.141. The van der Waals surface area contributed by atoms with Crippen molar-refractivity contribution in [3.8, 4) is 0 Å². The maximum absolute atomic E-state index is 11.5. The van der Waals surface area contributed by atoms with Crippen LogP contribution in [0.4, 0.5) is 5.69 Å². The molecule has 0 unspecified atom stereocenters. The van der Waals surface area contributed by atoms with E-state index in [2.05, 4.69) is 11.1 Å². The van der Waals surface area contributed by atoms with Crippen LogP contribution >= 0.6 is 11.8 Å². The van der Waals surface area contributed by atoms with Crippen molar-refractivity contribution >= 4 is 34.2 Å².